The van der Waals surface area contributed by atoms with E-state index < -0.39 is 28.5 Å². The van der Waals surface area contributed by atoms with Crippen LogP contribution in [0.5, 0.6) is 0 Å². The first-order valence-electron chi connectivity index (χ1n) is 13.4. The zero-order valence-electron chi connectivity index (χ0n) is 23.7. The van der Waals surface area contributed by atoms with Gasteiger partial charge in [0.1, 0.15) is 12.6 Å². The summed E-state index contributed by atoms with van der Waals surface area (Å²) in [7, 11) is -4.14. The fourth-order valence-electron chi connectivity index (χ4n) is 4.32. The third-order valence-corrected chi connectivity index (χ3v) is 8.55. The van der Waals surface area contributed by atoms with Gasteiger partial charge in [0.25, 0.3) is 10.0 Å². The second-order valence-electron chi connectivity index (χ2n) is 10.4. The number of aryl methyl sites for hydroxylation is 2. The molecule has 0 spiro atoms. The van der Waals surface area contributed by atoms with Crippen molar-refractivity contribution in [2.45, 2.75) is 58.5 Å². The van der Waals surface area contributed by atoms with Crippen molar-refractivity contribution in [2.24, 2.45) is 5.92 Å². The lowest BCUT2D eigenvalue weighted by molar-refractivity contribution is -0.140. The lowest BCUT2D eigenvalue weighted by Crippen LogP contribution is -2.52. The molecule has 7 nitrogen and oxygen atoms in total. The Kier molecular flexibility index (Phi) is 10.8. The molecule has 0 aliphatic heterocycles. The third kappa shape index (κ3) is 8.08. The van der Waals surface area contributed by atoms with E-state index in [4.69, 9.17) is 11.6 Å². The Morgan fingerprint density at radius 2 is 1.57 bits per heavy atom. The number of carbonyl (C=O) groups excluding carboxylic acids is 2. The number of nitrogens with zero attached hydrogens (tertiary/aromatic N) is 2. The maximum Gasteiger partial charge on any atom is 0.264 e. The van der Waals surface area contributed by atoms with Gasteiger partial charge in [0, 0.05) is 18.1 Å². The Morgan fingerprint density at radius 1 is 0.925 bits per heavy atom. The molecular formula is C31H38ClN3O4S. The molecule has 0 bridgehead atoms. The normalized spacial score (nSPS) is 12.2. The van der Waals surface area contributed by atoms with E-state index in [0.29, 0.717) is 23.7 Å². The van der Waals surface area contributed by atoms with Crippen molar-refractivity contribution in [3.05, 3.63) is 94.5 Å². The molecule has 0 radical (unpaired) electrons. The van der Waals surface area contributed by atoms with Gasteiger partial charge in [-0.25, -0.2) is 8.42 Å². The predicted octanol–water partition coefficient (Wildman–Crippen LogP) is 5.73. The van der Waals surface area contributed by atoms with Gasteiger partial charge >= 0.3 is 0 Å². The molecule has 0 fully saturated rings. The zero-order chi connectivity index (χ0) is 29.4. The van der Waals surface area contributed by atoms with E-state index in [1.54, 1.807) is 24.3 Å². The molecule has 0 saturated carbocycles. The SMILES string of the molecule is CC[C@H](C(=O)NCC(C)C)N(Cc1cccc(C)c1)C(=O)CN(c1ccc(C)cc1)S(=O)(=O)c1ccc(Cl)cc1. The van der Waals surface area contributed by atoms with E-state index in [1.807, 2.05) is 58.9 Å². The number of benzene rings is 3. The summed E-state index contributed by atoms with van der Waals surface area (Å²) >= 11 is 6.01. The standard InChI is InChI=1S/C31H38ClN3O4S/c1-6-29(31(37)33-19-22(2)3)34(20-25-9-7-8-24(5)18-25)30(36)21-35(27-14-10-23(4)11-15-27)40(38,39)28-16-12-26(32)13-17-28/h7-18,22,29H,6,19-21H2,1-5H3,(H,33,37)/t29-/m1/s1. The van der Waals surface area contributed by atoms with Gasteiger partial charge in [-0.2, -0.15) is 0 Å². The fraction of sp³-hybridized carbons (Fsp3) is 0.355. The summed E-state index contributed by atoms with van der Waals surface area (Å²) in [5.41, 5.74) is 3.18. The van der Waals surface area contributed by atoms with Crippen LogP contribution in [0.2, 0.25) is 5.02 Å². The molecule has 0 heterocycles. The predicted molar refractivity (Wildman–Crippen MR) is 161 cm³/mol. The van der Waals surface area contributed by atoms with E-state index in [1.165, 1.54) is 29.2 Å². The molecule has 3 aromatic rings. The average Bonchev–Trinajstić information content (AvgIpc) is 2.91. The molecule has 0 aliphatic carbocycles. The molecular weight excluding hydrogens is 546 g/mol. The lowest BCUT2D eigenvalue weighted by atomic mass is 10.1. The van der Waals surface area contributed by atoms with Gasteiger partial charge in [0.2, 0.25) is 11.8 Å². The molecule has 2 amide bonds. The minimum atomic E-state index is -4.14. The van der Waals surface area contributed by atoms with Crippen LogP contribution in [0.4, 0.5) is 5.69 Å². The maximum atomic E-state index is 14.1. The third-order valence-electron chi connectivity index (χ3n) is 6.51. The molecule has 40 heavy (non-hydrogen) atoms. The van der Waals surface area contributed by atoms with Crippen LogP contribution in [-0.4, -0.2) is 44.3 Å². The number of halogens is 1. The molecule has 0 unspecified atom stereocenters. The molecule has 0 aliphatic rings. The van der Waals surface area contributed by atoms with E-state index >= 15 is 0 Å². The monoisotopic (exact) mass is 583 g/mol. The number of amides is 2. The van der Waals surface area contributed by atoms with Gasteiger partial charge < -0.3 is 10.2 Å². The summed E-state index contributed by atoms with van der Waals surface area (Å²) in [6.45, 7) is 9.86. The number of hydrogen-bond donors (Lipinski definition) is 1. The van der Waals surface area contributed by atoms with Crippen molar-refractivity contribution in [2.75, 3.05) is 17.4 Å². The Labute approximate surface area is 243 Å². The number of nitrogens with one attached hydrogen (secondary N) is 1. The fourth-order valence-corrected chi connectivity index (χ4v) is 5.86. The minimum Gasteiger partial charge on any atom is -0.354 e. The van der Waals surface area contributed by atoms with Gasteiger partial charge in [-0.3, -0.25) is 13.9 Å². The summed E-state index contributed by atoms with van der Waals surface area (Å²) in [5.74, 6) is -0.505. The van der Waals surface area contributed by atoms with Crippen LogP contribution in [0.15, 0.2) is 77.7 Å². The van der Waals surface area contributed by atoms with Crippen LogP contribution in [-0.2, 0) is 26.2 Å². The molecule has 1 N–H and O–H groups in total. The number of carbonyl (C=O) groups is 2. The summed E-state index contributed by atoms with van der Waals surface area (Å²) in [5, 5.41) is 3.34. The Balaban J connectivity index is 2.04. The first-order valence-corrected chi connectivity index (χ1v) is 15.2. The summed E-state index contributed by atoms with van der Waals surface area (Å²) < 4.78 is 28.8. The van der Waals surface area contributed by atoms with Gasteiger partial charge in [-0.15, -0.1) is 0 Å². The second-order valence-corrected chi connectivity index (χ2v) is 12.7. The molecule has 0 aromatic heterocycles. The topological polar surface area (TPSA) is 86.8 Å². The molecule has 214 valence electrons. The van der Waals surface area contributed by atoms with Crippen molar-refractivity contribution in [1.29, 1.82) is 0 Å². The quantitative estimate of drug-likeness (QED) is 0.295. The van der Waals surface area contributed by atoms with E-state index in [-0.39, 0.29) is 23.3 Å². The number of sulfonamides is 1. The molecule has 3 aromatic carbocycles. The summed E-state index contributed by atoms with van der Waals surface area (Å²) in [4.78, 5) is 28.9. The maximum absolute atomic E-state index is 14.1. The Hall–Kier alpha value is -3.36. The highest BCUT2D eigenvalue weighted by molar-refractivity contribution is 7.92. The van der Waals surface area contributed by atoms with E-state index in [2.05, 4.69) is 5.32 Å². The largest absolute Gasteiger partial charge is 0.354 e. The van der Waals surface area contributed by atoms with E-state index in [0.717, 1.165) is 21.0 Å². The number of hydrogen-bond acceptors (Lipinski definition) is 4. The average molecular weight is 584 g/mol. The van der Waals surface area contributed by atoms with Crippen LogP contribution < -0.4 is 9.62 Å². The van der Waals surface area contributed by atoms with Crippen LogP contribution >= 0.6 is 11.6 Å². The highest BCUT2D eigenvalue weighted by atomic mass is 35.5. The van der Waals surface area contributed by atoms with Gasteiger partial charge in [-0.1, -0.05) is 79.9 Å². The first kappa shape index (κ1) is 31.2. The van der Waals surface area contributed by atoms with Gasteiger partial charge in [0.05, 0.1) is 10.6 Å². The molecule has 0 saturated heterocycles. The van der Waals surface area contributed by atoms with Crippen molar-refractivity contribution < 1.29 is 18.0 Å². The number of anilines is 1. The van der Waals surface area contributed by atoms with Crippen molar-refractivity contribution in [1.82, 2.24) is 10.2 Å². The zero-order valence-corrected chi connectivity index (χ0v) is 25.3. The van der Waals surface area contributed by atoms with Gasteiger partial charge in [-0.05, 0) is 68.1 Å². The summed E-state index contributed by atoms with van der Waals surface area (Å²) in [6.07, 6.45) is 0.371. The molecule has 1 atom stereocenters. The summed E-state index contributed by atoms with van der Waals surface area (Å²) in [6, 6.07) is 19.7. The van der Waals surface area contributed by atoms with Crippen molar-refractivity contribution >= 4 is 39.1 Å². The number of rotatable bonds is 12. The smallest absolute Gasteiger partial charge is 0.264 e. The van der Waals surface area contributed by atoms with Crippen LogP contribution in [0, 0.1) is 19.8 Å². The van der Waals surface area contributed by atoms with Crippen LogP contribution in [0.1, 0.15) is 43.9 Å². The second kappa shape index (κ2) is 13.8. The Bertz CT molecular complexity index is 1410. The van der Waals surface area contributed by atoms with Gasteiger partial charge in [0.15, 0.2) is 0 Å². The molecule has 3 rings (SSSR count). The first-order chi connectivity index (χ1) is 18.9. The minimum absolute atomic E-state index is 0.0113. The lowest BCUT2D eigenvalue weighted by Gasteiger charge is -2.33. The molecule has 9 heteroatoms. The highest BCUT2D eigenvalue weighted by Gasteiger charge is 2.33. The van der Waals surface area contributed by atoms with Crippen LogP contribution in [0.25, 0.3) is 0 Å². The highest BCUT2D eigenvalue weighted by Crippen LogP contribution is 2.26. The van der Waals surface area contributed by atoms with Crippen molar-refractivity contribution in [3.63, 3.8) is 0 Å². The van der Waals surface area contributed by atoms with E-state index in [9.17, 15) is 18.0 Å². The Morgan fingerprint density at radius 3 is 2.15 bits per heavy atom. The van der Waals surface area contributed by atoms with Crippen molar-refractivity contribution in [3.8, 4) is 0 Å². The van der Waals surface area contributed by atoms with Crippen LogP contribution in [0.3, 0.4) is 0 Å².